The summed E-state index contributed by atoms with van der Waals surface area (Å²) < 4.78 is 10.2. The highest BCUT2D eigenvalue weighted by Gasteiger charge is 2.25. The number of carbonyl (C=O) groups excluding carboxylic acids is 4. The summed E-state index contributed by atoms with van der Waals surface area (Å²) in [5.74, 6) is -1.20. The maximum absolute atomic E-state index is 13.1. The molecule has 0 saturated carbocycles. The molecule has 0 radical (unpaired) electrons. The van der Waals surface area contributed by atoms with E-state index in [0.29, 0.717) is 34.0 Å². The lowest BCUT2D eigenvalue weighted by Gasteiger charge is -2.20. The SMILES string of the molecule is CCOC(=O)C(CSC)NC(=O)c1ccccc1Nc1ccccc1C(=O)NC(CSC)C(=O)OCC. The van der Waals surface area contributed by atoms with Crippen molar-refractivity contribution >= 4 is 58.7 Å². The zero-order valence-electron chi connectivity index (χ0n) is 21.4. The molecule has 9 nitrogen and oxygen atoms in total. The van der Waals surface area contributed by atoms with Crippen molar-refractivity contribution in [3.05, 3.63) is 59.7 Å². The average molecular weight is 548 g/mol. The van der Waals surface area contributed by atoms with Crippen LogP contribution in [-0.2, 0) is 19.1 Å². The van der Waals surface area contributed by atoms with E-state index in [0.717, 1.165) is 0 Å². The van der Waals surface area contributed by atoms with Gasteiger partial charge in [0.2, 0.25) is 0 Å². The molecule has 2 rings (SSSR count). The van der Waals surface area contributed by atoms with Gasteiger partial charge in [0.1, 0.15) is 12.1 Å². The van der Waals surface area contributed by atoms with Crippen LogP contribution >= 0.6 is 23.5 Å². The van der Waals surface area contributed by atoms with E-state index in [2.05, 4.69) is 16.0 Å². The van der Waals surface area contributed by atoms with E-state index in [9.17, 15) is 19.2 Å². The van der Waals surface area contributed by atoms with Gasteiger partial charge in [-0.05, 0) is 50.6 Å². The number of benzene rings is 2. The molecule has 0 fully saturated rings. The summed E-state index contributed by atoms with van der Waals surface area (Å²) in [6, 6.07) is 12.0. The molecular formula is C26H33N3O6S2. The topological polar surface area (TPSA) is 123 Å². The summed E-state index contributed by atoms with van der Waals surface area (Å²) in [7, 11) is 0. The molecule has 200 valence electrons. The molecule has 2 amide bonds. The van der Waals surface area contributed by atoms with Crippen LogP contribution in [0.5, 0.6) is 0 Å². The average Bonchev–Trinajstić information content (AvgIpc) is 2.89. The summed E-state index contributed by atoms with van der Waals surface area (Å²) >= 11 is 2.83. The molecule has 11 heteroatoms. The number of esters is 2. The van der Waals surface area contributed by atoms with Crippen molar-refractivity contribution in [3.63, 3.8) is 0 Å². The minimum Gasteiger partial charge on any atom is -0.464 e. The number of nitrogens with one attached hydrogen (secondary N) is 3. The van der Waals surface area contributed by atoms with Crippen LogP contribution in [0, 0.1) is 0 Å². The number of amides is 2. The van der Waals surface area contributed by atoms with E-state index < -0.39 is 35.8 Å². The zero-order chi connectivity index (χ0) is 27.2. The van der Waals surface area contributed by atoms with E-state index in [1.54, 1.807) is 62.4 Å². The first-order valence-corrected chi connectivity index (χ1v) is 14.5. The number of thioether (sulfide) groups is 2. The maximum atomic E-state index is 13.1. The van der Waals surface area contributed by atoms with Crippen LogP contribution < -0.4 is 16.0 Å². The smallest absolute Gasteiger partial charge is 0.329 e. The van der Waals surface area contributed by atoms with Gasteiger partial charge in [-0.25, -0.2) is 9.59 Å². The molecule has 2 aromatic carbocycles. The highest BCUT2D eigenvalue weighted by Crippen LogP contribution is 2.24. The molecule has 0 bridgehead atoms. The number of anilines is 2. The lowest BCUT2D eigenvalue weighted by molar-refractivity contribution is -0.145. The van der Waals surface area contributed by atoms with E-state index in [1.165, 1.54) is 23.5 Å². The molecule has 0 aromatic heterocycles. The number of ether oxygens (including phenoxy) is 2. The van der Waals surface area contributed by atoms with Gasteiger partial charge in [0, 0.05) is 11.5 Å². The van der Waals surface area contributed by atoms with E-state index in [1.807, 2.05) is 12.5 Å². The number of hydrogen-bond acceptors (Lipinski definition) is 9. The normalized spacial score (nSPS) is 12.1. The first-order valence-electron chi connectivity index (χ1n) is 11.7. The summed E-state index contributed by atoms with van der Waals surface area (Å²) in [6.07, 6.45) is 3.67. The van der Waals surface area contributed by atoms with E-state index >= 15 is 0 Å². The molecule has 0 saturated heterocycles. The van der Waals surface area contributed by atoms with Crippen molar-refractivity contribution in [3.8, 4) is 0 Å². The number of hydrogen-bond donors (Lipinski definition) is 3. The fourth-order valence-corrected chi connectivity index (χ4v) is 4.46. The molecule has 0 spiro atoms. The van der Waals surface area contributed by atoms with Crippen LogP contribution in [0.4, 0.5) is 11.4 Å². The van der Waals surface area contributed by atoms with Crippen molar-refractivity contribution in [1.29, 1.82) is 0 Å². The Balaban J connectivity index is 2.28. The van der Waals surface area contributed by atoms with Crippen molar-refractivity contribution in [1.82, 2.24) is 10.6 Å². The predicted octanol–water partition coefficient (Wildman–Crippen LogP) is 3.48. The van der Waals surface area contributed by atoms with Gasteiger partial charge in [0.25, 0.3) is 11.8 Å². The van der Waals surface area contributed by atoms with Crippen molar-refractivity contribution in [2.45, 2.75) is 25.9 Å². The third-order valence-corrected chi connectivity index (χ3v) is 6.37. The second kappa shape index (κ2) is 15.8. The van der Waals surface area contributed by atoms with Gasteiger partial charge in [-0.3, -0.25) is 9.59 Å². The summed E-state index contributed by atoms with van der Waals surface area (Å²) in [4.78, 5) is 50.8. The second-order valence-corrected chi connectivity index (χ2v) is 9.50. The van der Waals surface area contributed by atoms with Crippen LogP contribution in [0.2, 0.25) is 0 Å². The van der Waals surface area contributed by atoms with Gasteiger partial charge >= 0.3 is 11.9 Å². The third-order valence-electron chi connectivity index (χ3n) is 5.03. The summed E-state index contributed by atoms with van der Waals surface area (Å²) in [5.41, 5.74) is 1.47. The van der Waals surface area contributed by atoms with Gasteiger partial charge in [-0.15, -0.1) is 0 Å². The van der Waals surface area contributed by atoms with Gasteiger partial charge < -0.3 is 25.4 Å². The fourth-order valence-electron chi connectivity index (χ4n) is 3.35. The third kappa shape index (κ3) is 9.01. The first kappa shape index (κ1) is 30.0. The van der Waals surface area contributed by atoms with Crippen LogP contribution in [0.15, 0.2) is 48.5 Å². The minimum atomic E-state index is -0.801. The Hall–Kier alpha value is -3.18. The number of para-hydroxylation sites is 2. The molecule has 3 N–H and O–H groups in total. The quantitative estimate of drug-likeness (QED) is 0.305. The largest absolute Gasteiger partial charge is 0.464 e. The van der Waals surface area contributed by atoms with Gasteiger partial charge in [0.15, 0.2) is 0 Å². The molecule has 2 unspecified atom stereocenters. The first-order chi connectivity index (χ1) is 17.9. The van der Waals surface area contributed by atoms with Crippen LogP contribution in [0.1, 0.15) is 34.6 Å². The number of rotatable bonds is 14. The fraction of sp³-hybridized carbons (Fsp3) is 0.385. The predicted molar refractivity (Wildman–Crippen MR) is 149 cm³/mol. The highest BCUT2D eigenvalue weighted by molar-refractivity contribution is 7.98. The standard InChI is InChI=1S/C26H33N3O6S2/c1-5-34-25(32)21(15-36-3)28-23(30)17-11-7-9-13-19(17)27-20-14-10-8-12-18(20)24(31)29-22(16-37-4)26(33)35-6-2/h7-14,21-22,27H,5-6,15-16H2,1-4H3,(H,28,30)(H,29,31). The summed E-state index contributed by atoms with van der Waals surface area (Å²) in [6.45, 7) is 3.84. The molecule has 37 heavy (non-hydrogen) atoms. The lowest BCUT2D eigenvalue weighted by atomic mass is 10.1. The van der Waals surface area contributed by atoms with E-state index in [-0.39, 0.29) is 13.2 Å². The van der Waals surface area contributed by atoms with Crippen LogP contribution in [0.25, 0.3) is 0 Å². The van der Waals surface area contributed by atoms with Gasteiger partial charge in [0.05, 0.1) is 35.7 Å². The Morgan fingerprint density at radius 3 is 1.43 bits per heavy atom. The monoisotopic (exact) mass is 547 g/mol. The molecule has 0 aliphatic rings. The van der Waals surface area contributed by atoms with Gasteiger partial charge in [-0.2, -0.15) is 23.5 Å². The van der Waals surface area contributed by atoms with Crippen molar-refractivity contribution < 1.29 is 28.7 Å². The highest BCUT2D eigenvalue weighted by atomic mass is 32.2. The Labute approximate surface area is 225 Å². The Morgan fingerprint density at radius 1 is 0.703 bits per heavy atom. The Morgan fingerprint density at radius 2 is 1.08 bits per heavy atom. The Kier molecular flexibility index (Phi) is 12.9. The van der Waals surface area contributed by atoms with Gasteiger partial charge in [-0.1, -0.05) is 24.3 Å². The molecule has 0 aliphatic heterocycles. The van der Waals surface area contributed by atoms with Crippen molar-refractivity contribution in [2.75, 3.05) is 42.5 Å². The van der Waals surface area contributed by atoms with Crippen LogP contribution in [0.3, 0.4) is 0 Å². The van der Waals surface area contributed by atoms with Crippen molar-refractivity contribution in [2.24, 2.45) is 0 Å². The minimum absolute atomic E-state index is 0.213. The van der Waals surface area contributed by atoms with Crippen LogP contribution in [-0.4, -0.2) is 73.1 Å². The molecule has 0 aliphatic carbocycles. The molecular weight excluding hydrogens is 514 g/mol. The lowest BCUT2D eigenvalue weighted by Crippen LogP contribution is -2.44. The Bertz CT molecular complexity index is 998. The molecule has 2 aromatic rings. The molecule has 2 atom stereocenters. The zero-order valence-corrected chi connectivity index (χ0v) is 23.0. The van der Waals surface area contributed by atoms with E-state index in [4.69, 9.17) is 9.47 Å². The molecule has 0 heterocycles. The number of carbonyl (C=O) groups is 4. The second-order valence-electron chi connectivity index (χ2n) is 7.68. The summed E-state index contributed by atoms with van der Waals surface area (Å²) in [5, 5.41) is 8.64. The maximum Gasteiger partial charge on any atom is 0.329 e.